The third-order valence-electron chi connectivity index (χ3n) is 13.8. The summed E-state index contributed by atoms with van der Waals surface area (Å²) in [6, 6.07) is 43.0. The summed E-state index contributed by atoms with van der Waals surface area (Å²) in [5.41, 5.74) is 4.35. The molecule has 16 aromatic rings. The first-order valence-electron chi connectivity index (χ1n) is 29.0. The Morgan fingerprint density at radius 1 is 0.324 bits per heavy atom. The molecule has 0 fully saturated rings. The molecule has 10 aromatic carbocycles. The third kappa shape index (κ3) is 5.34. The number of rotatable bonds is 5. The number of hydrogen-bond donors (Lipinski definition) is 0. The molecule has 0 aliphatic carbocycles. The van der Waals surface area contributed by atoms with Gasteiger partial charge in [-0.3, -0.25) is 9.13 Å². The molecule has 0 amide bonds. The first-order chi connectivity index (χ1) is 40.2. The topological polar surface area (TPSA) is 58.4 Å². The second-order valence-electron chi connectivity index (χ2n) is 17.4. The van der Waals surface area contributed by atoms with Gasteiger partial charge in [-0.1, -0.05) is 158 Å². The molecule has 71 heavy (non-hydrogen) atoms. The fourth-order valence-electron chi connectivity index (χ4n) is 11.0. The van der Waals surface area contributed by atoms with Gasteiger partial charge in [-0.05, 0) is 66.7 Å². The van der Waals surface area contributed by atoms with Crippen molar-refractivity contribution in [3.8, 4) is 34.7 Å². The minimum Gasteiger partial charge on any atom is -0.308 e. The van der Waals surface area contributed by atoms with Crippen molar-refractivity contribution >= 4 is 119 Å². The predicted octanol–water partition coefficient (Wildman–Crippen LogP) is 16.3. The lowest BCUT2D eigenvalue weighted by molar-refractivity contribution is 0.891. The van der Waals surface area contributed by atoms with Crippen LogP contribution < -0.4 is 0 Å². The highest BCUT2D eigenvalue weighted by Crippen LogP contribution is 2.46. The molecule has 8 heteroatoms. The average molecular weight is 936 g/mol. The van der Waals surface area contributed by atoms with Gasteiger partial charge in [-0.2, -0.15) is 15.0 Å². The summed E-state index contributed by atoms with van der Waals surface area (Å²) in [5.74, 6) is 0.0620. The van der Waals surface area contributed by atoms with Crippen LogP contribution in [0, 0.1) is 0 Å². The molecule has 0 saturated carbocycles. The zero-order valence-electron chi connectivity index (χ0n) is 49.0. The molecule has 0 saturated heterocycles. The van der Waals surface area contributed by atoms with Gasteiger partial charge in [0.1, 0.15) is 0 Å². The predicted molar refractivity (Wildman–Crippen MR) is 296 cm³/mol. The number of para-hydroxylation sites is 7. The van der Waals surface area contributed by atoms with E-state index in [4.69, 9.17) is 23.2 Å². The van der Waals surface area contributed by atoms with Crippen molar-refractivity contribution in [3.05, 3.63) is 224 Å². The molecule has 0 N–H and O–H groups in total. The van der Waals surface area contributed by atoms with Crippen LogP contribution in [0.1, 0.15) is 16.4 Å². The molecule has 7 nitrogen and oxygen atoms in total. The van der Waals surface area contributed by atoms with E-state index in [-0.39, 0.29) is 73.8 Å². The Kier molecular flexibility index (Phi) is 5.92. The third-order valence-corrected chi connectivity index (χ3v) is 15.0. The summed E-state index contributed by atoms with van der Waals surface area (Å²) in [4.78, 5) is 16.4. The van der Waals surface area contributed by atoms with Crippen LogP contribution >= 0.6 is 11.3 Å². The van der Waals surface area contributed by atoms with Crippen LogP contribution in [0.2, 0.25) is 0 Å². The Labute approximate surface area is 425 Å². The van der Waals surface area contributed by atoms with Crippen molar-refractivity contribution in [2.24, 2.45) is 0 Å². The lowest BCUT2D eigenvalue weighted by Crippen LogP contribution is -2.12. The number of nitrogens with zero attached hydrogens (tertiary/aromatic N) is 7. The molecule has 0 spiro atoms. The smallest absolute Gasteiger partial charge is 0.240 e. The molecule has 6 heterocycles. The Morgan fingerprint density at radius 3 is 1.35 bits per heavy atom. The van der Waals surface area contributed by atoms with Crippen molar-refractivity contribution in [1.29, 1.82) is 0 Å². The molecule has 0 bridgehead atoms. The first-order valence-corrected chi connectivity index (χ1v) is 23.8. The zero-order chi connectivity index (χ0) is 56.8. The molecule has 0 aliphatic heterocycles. The van der Waals surface area contributed by atoms with Gasteiger partial charge in [0.25, 0.3) is 0 Å². The fourth-order valence-corrected chi connectivity index (χ4v) is 12.1. The number of benzene rings is 10. The minimum absolute atomic E-state index is 0.00538. The summed E-state index contributed by atoms with van der Waals surface area (Å²) in [7, 11) is 0. The quantitative estimate of drug-likeness (QED) is 0.173. The van der Waals surface area contributed by atoms with E-state index in [9.17, 15) is 8.22 Å². The Hall–Kier alpha value is -9.37. The van der Waals surface area contributed by atoms with E-state index in [1.165, 1.54) is 4.57 Å². The van der Waals surface area contributed by atoms with E-state index in [1.54, 1.807) is 52.3 Å². The minimum atomic E-state index is -0.583. The zero-order valence-corrected chi connectivity index (χ0v) is 37.8. The summed E-state index contributed by atoms with van der Waals surface area (Å²) < 4.78 is 121. The van der Waals surface area contributed by atoms with Crippen molar-refractivity contribution in [3.63, 3.8) is 0 Å². The van der Waals surface area contributed by atoms with E-state index in [1.807, 2.05) is 89.5 Å². The molecule has 0 radical (unpaired) electrons. The van der Waals surface area contributed by atoms with Crippen LogP contribution in [0.3, 0.4) is 0 Å². The number of fused-ring (bicyclic) bond motifs is 16. The van der Waals surface area contributed by atoms with Crippen molar-refractivity contribution < 1.29 is 16.4 Å². The second-order valence-corrected chi connectivity index (χ2v) is 18.5. The van der Waals surface area contributed by atoms with Crippen LogP contribution in [0.4, 0.5) is 0 Å². The number of hydrogen-bond acceptors (Lipinski definition) is 4. The monoisotopic (exact) mass is 935 g/mol. The molecule has 0 aliphatic rings. The van der Waals surface area contributed by atoms with Crippen LogP contribution in [0.5, 0.6) is 0 Å². The van der Waals surface area contributed by atoms with E-state index in [0.717, 1.165) is 63.8 Å². The highest BCUT2D eigenvalue weighted by Gasteiger charge is 2.28. The summed E-state index contributed by atoms with van der Waals surface area (Å²) in [5, 5.41) is 6.15. The largest absolute Gasteiger partial charge is 0.308 e. The van der Waals surface area contributed by atoms with E-state index >= 15 is 0 Å². The fraction of sp³-hybridized carbons (Fsp3) is 0. The van der Waals surface area contributed by atoms with E-state index in [2.05, 4.69) is 34.9 Å². The van der Waals surface area contributed by atoms with Gasteiger partial charge in [0.2, 0.25) is 11.9 Å². The van der Waals surface area contributed by atoms with Gasteiger partial charge in [-0.25, -0.2) is 0 Å². The van der Waals surface area contributed by atoms with Crippen molar-refractivity contribution in [2.45, 2.75) is 0 Å². The Morgan fingerprint density at radius 2 is 0.761 bits per heavy atom. The van der Waals surface area contributed by atoms with Gasteiger partial charge in [-0.15, -0.1) is 11.3 Å². The Bertz CT molecular complexity index is 5510. The van der Waals surface area contributed by atoms with Crippen LogP contribution in [-0.2, 0) is 0 Å². The van der Waals surface area contributed by atoms with E-state index in [0.29, 0.717) is 16.6 Å². The highest BCUT2D eigenvalue weighted by atomic mass is 32.1. The average Bonchev–Trinajstić information content (AvgIpc) is 2.27. The second kappa shape index (κ2) is 14.6. The lowest BCUT2D eigenvalue weighted by Gasteiger charge is -2.20. The molecule has 6 aromatic heterocycles. The van der Waals surface area contributed by atoms with E-state index < -0.39 is 60.4 Å². The van der Waals surface area contributed by atoms with Crippen molar-refractivity contribution in [2.75, 3.05) is 0 Å². The standard InChI is InChI=1S/C63H37N7S/c1-9-26-47-38(18-1)39-19-2-10-27-48(39)67(47)54-33-17-34-55(68-49-28-11-7-24-44(49)45-36-37-57-58(60(45)68)46-25-8-16-35-56(46)71-57)59(54)61-64-62(69-50-29-12-3-20-40(50)41-21-4-13-30-51(41)69)66-63(65-61)70-52-31-14-5-22-42(52)43-23-6-15-32-53(43)70/h1-37H/i1D,2D,3D,9D,10D,12D,18D,19D,20D,26D,27D,29D. The molecule has 0 unspecified atom stereocenters. The number of thiophene rings is 1. The Balaban J connectivity index is 1.17. The summed E-state index contributed by atoms with van der Waals surface area (Å²) in [6.07, 6.45) is 0. The maximum atomic E-state index is 9.72. The summed E-state index contributed by atoms with van der Waals surface area (Å²) in [6.45, 7) is 0. The van der Waals surface area contributed by atoms with Gasteiger partial charge >= 0.3 is 0 Å². The molecular formula is C63H37N7S. The van der Waals surface area contributed by atoms with Gasteiger partial charge < -0.3 is 9.13 Å². The van der Waals surface area contributed by atoms with Gasteiger partial charge in [0, 0.05) is 63.3 Å². The number of aromatic nitrogens is 7. The van der Waals surface area contributed by atoms with Crippen molar-refractivity contribution in [1.82, 2.24) is 33.2 Å². The lowest BCUT2D eigenvalue weighted by atomic mass is 10.1. The molecule has 16 rings (SSSR count). The SMILES string of the molecule is [2H]c1c([2H])c([2H])c2c(c1[2H])c1ccccc1n2-c1nc(-c2c(-n3c4c([2H])c([2H])c([2H])c([2H])c4c4c([2H])c([2H])c([2H])c([2H])c43)cccc2-n2c3ccccc3c3ccc4sc5ccccc5c4c32)nc(-n2c3ccccc3c3ccccc32)n1. The van der Waals surface area contributed by atoms with Gasteiger partial charge in [0.15, 0.2) is 5.82 Å². The van der Waals surface area contributed by atoms with Crippen LogP contribution in [-0.4, -0.2) is 33.2 Å². The molecule has 330 valence electrons. The first kappa shape index (κ1) is 28.8. The van der Waals surface area contributed by atoms with Crippen LogP contribution in [0.25, 0.3) is 142 Å². The molecular weight excluding hydrogens is 887 g/mol. The van der Waals surface area contributed by atoms with Gasteiger partial charge in [0.05, 0.1) is 77.5 Å². The normalized spacial score (nSPS) is 14.6. The molecule has 0 atom stereocenters. The summed E-state index contributed by atoms with van der Waals surface area (Å²) >= 11 is 1.66. The highest BCUT2D eigenvalue weighted by molar-refractivity contribution is 7.26. The van der Waals surface area contributed by atoms with Crippen LogP contribution in [0.15, 0.2) is 224 Å². The maximum Gasteiger partial charge on any atom is 0.240 e. The maximum absolute atomic E-state index is 9.72.